The monoisotopic (exact) mass is 886 g/mol. The molecule has 3 amide bonds. The standard InChI is InChI=1S/C49H44Cl2N4O8/c1-28-5-4-6-36(19-28)53-49(59)55-25-35-24-45-44(61-27-46(63-45)33-10-14-37(15-11-33)60-26-32-9-16-39(50)40(51)20-32)23-34(35)22-42(55)47(56)54-41(48(57)58)21-31-7-12-38(13-8-31)62-43-17-18-52-30(3)29(43)2/h4-20,23-24,41-42,46H,21-22,25-27H2,1-3H3,(H,53,59)(H,54,56)(H,57,58)/t41?,42-,46+/m0/s1. The Morgan fingerprint density at radius 1 is 0.857 bits per heavy atom. The number of rotatable bonds is 12. The first-order valence-electron chi connectivity index (χ1n) is 20.3. The predicted molar refractivity (Wildman–Crippen MR) is 239 cm³/mol. The molecule has 0 radical (unpaired) electrons. The van der Waals surface area contributed by atoms with E-state index in [1.165, 1.54) is 4.90 Å². The summed E-state index contributed by atoms with van der Waals surface area (Å²) < 4.78 is 24.7. The lowest BCUT2D eigenvalue weighted by Crippen LogP contribution is -2.56. The lowest BCUT2D eigenvalue weighted by molar-refractivity contribution is -0.142. The van der Waals surface area contributed by atoms with Crippen molar-refractivity contribution >= 4 is 46.8 Å². The van der Waals surface area contributed by atoms with Crippen LogP contribution < -0.4 is 29.6 Å². The first kappa shape index (κ1) is 42.9. The number of pyridine rings is 1. The van der Waals surface area contributed by atoms with Gasteiger partial charge >= 0.3 is 12.0 Å². The van der Waals surface area contributed by atoms with E-state index in [2.05, 4.69) is 15.6 Å². The number of carbonyl (C=O) groups excluding carboxylic acids is 2. The number of hydrogen-bond donors (Lipinski definition) is 3. The van der Waals surface area contributed by atoms with Gasteiger partial charge in [-0.3, -0.25) is 9.78 Å². The molecule has 0 fully saturated rings. The Balaban J connectivity index is 0.973. The van der Waals surface area contributed by atoms with E-state index in [9.17, 15) is 19.5 Å². The Labute approximate surface area is 374 Å². The second kappa shape index (κ2) is 18.7. The zero-order chi connectivity index (χ0) is 44.2. The third-order valence-electron chi connectivity index (χ3n) is 11.1. The Bertz CT molecular complexity index is 2680. The third-order valence-corrected chi connectivity index (χ3v) is 11.9. The van der Waals surface area contributed by atoms with Gasteiger partial charge in [-0.05, 0) is 121 Å². The third kappa shape index (κ3) is 10.1. The van der Waals surface area contributed by atoms with Crippen LogP contribution in [0.4, 0.5) is 10.5 Å². The molecular formula is C49H44Cl2N4O8. The number of fused-ring (bicyclic) bond motifs is 2. The molecule has 12 nitrogen and oxygen atoms in total. The number of hydrogen-bond acceptors (Lipinski definition) is 8. The van der Waals surface area contributed by atoms with Crippen molar-refractivity contribution in [3.63, 3.8) is 0 Å². The highest BCUT2D eigenvalue weighted by molar-refractivity contribution is 6.42. The maximum absolute atomic E-state index is 14.2. The van der Waals surface area contributed by atoms with Crippen LogP contribution in [-0.2, 0) is 35.6 Å². The molecule has 2 aliphatic heterocycles. The first-order chi connectivity index (χ1) is 30.4. The molecular weight excluding hydrogens is 843 g/mol. The number of benzene rings is 5. The lowest BCUT2D eigenvalue weighted by Gasteiger charge is -2.37. The minimum absolute atomic E-state index is 0.00186. The van der Waals surface area contributed by atoms with Gasteiger partial charge in [-0.25, -0.2) is 9.59 Å². The van der Waals surface area contributed by atoms with Crippen LogP contribution in [0, 0.1) is 20.8 Å². The zero-order valence-corrected chi connectivity index (χ0v) is 36.2. The molecule has 5 aromatic carbocycles. The maximum Gasteiger partial charge on any atom is 0.326 e. The van der Waals surface area contributed by atoms with Gasteiger partial charge in [0.2, 0.25) is 5.91 Å². The van der Waals surface area contributed by atoms with E-state index in [1.807, 2.05) is 81.4 Å². The number of halogens is 2. The van der Waals surface area contributed by atoms with E-state index >= 15 is 0 Å². The molecule has 1 aromatic heterocycles. The molecule has 1 unspecified atom stereocenters. The highest BCUT2D eigenvalue weighted by Gasteiger charge is 2.38. The van der Waals surface area contributed by atoms with Gasteiger partial charge in [0.25, 0.3) is 0 Å². The summed E-state index contributed by atoms with van der Waals surface area (Å²) in [5, 5.41) is 16.9. The van der Waals surface area contributed by atoms with Gasteiger partial charge in [0.15, 0.2) is 17.6 Å². The van der Waals surface area contributed by atoms with Crippen LogP contribution in [0.1, 0.15) is 50.7 Å². The summed E-state index contributed by atoms with van der Waals surface area (Å²) in [6.07, 6.45) is 1.37. The maximum atomic E-state index is 14.2. The minimum atomic E-state index is -1.28. The number of urea groups is 1. The van der Waals surface area contributed by atoms with Crippen LogP contribution in [0.25, 0.3) is 0 Å². The summed E-state index contributed by atoms with van der Waals surface area (Å²) >= 11 is 12.2. The quantitative estimate of drug-likeness (QED) is 0.109. The van der Waals surface area contributed by atoms with Crippen molar-refractivity contribution in [2.75, 3.05) is 11.9 Å². The molecule has 6 aromatic rings. The van der Waals surface area contributed by atoms with Crippen molar-refractivity contribution in [3.8, 4) is 28.7 Å². The van der Waals surface area contributed by atoms with Crippen LogP contribution in [0.5, 0.6) is 28.7 Å². The molecule has 0 saturated heterocycles. The van der Waals surface area contributed by atoms with Crippen molar-refractivity contribution in [1.29, 1.82) is 0 Å². The van der Waals surface area contributed by atoms with Crippen LogP contribution in [-0.4, -0.2) is 51.6 Å². The SMILES string of the molecule is Cc1cccc(NC(=O)N2Cc3cc4c(cc3C[C@H]2C(=O)NC(Cc2ccc(Oc3ccnc(C)c3C)cc2)C(=O)O)OC[C@H](c2ccc(OCc3ccc(Cl)c(Cl)c3)cc2)O4)c1. The average Bonchev–Trinajstić information content (AvgIpc) is 3.27. The van der Waals surface area contributed by atoms with Crippen molar-refractivity contribution in [2.24, 2.45) is 0 Å². The summed E-state index contributed by atoms with van der Waals surface area (Å²) in [7, 11) is 0. The van der Waals surface area contributed by atoms with Gasteiger partial charge in [0.05, 0.1) is 10.0 Å². The number of nitrogens with one attached hydrogen (secondary N) is 2. The van der Waals surface area contributed by atoms with Gasteiger partial charge < -0.3 is 39.6 Å². The zero-order valence-electron chi connectivity index (χ0n) is 34.7. The van der Waals surface area contributed by atoms with E-state index in [0.29, 0.717) is 56.7 Å². The Kier molecular flexibility index (Phi) is 12.7. The Hall–Kier alpha value is -6.76. The number of anilines is 1. The van der Waals surface area contributed by atoms with E-state index in [4.69, 9.17) is 42.1 Å². The lowest BCUT2D eigenvalue weighted by atomic mass is 9.92. The average molecular weight is 888 g/mol. The number of ether oxygens (including phenoxy) is 4. The molecule has 3 N–H and O–H groups in total. The van der Waals surface area contributed by atoms with Crippen LogP contribution in [0.15, 0.2) is 115 Å². The molecule has 322 valence electrons. The summed E-state index contributed by atoms with van der Waals surface area (Å²) in [6, 6.07) is 29.9. The molecule has 3 heterocycles. The molecule has 0 aliphatic carbocycles. The number of aryl methyl sites for hydroxylation is 2. The summed E-state index contributed by atoms with van der Waals surface area (Å²) in [4.78, 5) is 46.6. The number of aliphatic carboxylic acids is 1. The van der Waals surface area contributed by atoms with E-state index in [0.717, 1.165) is 39.1 Å². The summed E-state index contributed by atoms with van der Waals surface area (Å²) in [5.74, 6) is 1.11. The molecule has 8 rings (SSSR count). The molecule has 0 saturated carbocycles. The Morgan fingerprint density at radius 2 is 1.60 bits per heavy atom. The molecule has 2 aliphatic rings. The predicted octanol–water partition coefficient (Wildman–Crippen LogP) is 9.97. The van der Waals surface area contributed by atoms with Crippen LogP contribution in [0.3, 0.4) is 0 Å². The van der Waals surface area contributed by atoms with Gasteiger partial charge in [0.1, 0.15) is 42.5 Å². The van der Waals surface area contributed by atoms with Gasteiger partial charge in [-0.1, -0.05) is 65.7 Å². The van der Waals surface area contributed by atoms with E-state index in [1.54, 1.807) is 54.7 Å². The van der Waals surface area contributed by atoms with Crippen LogP contribution >= 0.6 is 23.2 Å². The van der Waals surface area contributed by atoms with Gasteiger partial charge in [-0.15, -0.1) is 0 Å². The number of carboxylic acid groups (broad SMARTS) is 1. The van der Waals surface area contributed by atoms with Crippen molar-refractivity contribution in [3.05, 3.63) is 170 Å². The smallest absolute Gasteiger partial charge is 0.326 e. The number of nitrogens with zero attached hydrogens (tertiary/aromatic N) is 2. The Morgan fingerprint density at radius 3 is 2.35 bits per heavy atom. The first-order valence-corrected chi connectivity index (χ1v) is 21.1. The summed E-state index contributed by atoms with van der Waals surface area (Å²) in [5.41, 5.74) is 7.26. The fraction of sp³-hybridized carbons (Fsp3) is 0.224. The highest BCUT2D eigenvalue weighted by Crippen LogP contribution is 2.41. The van der Waals surface area contributed by atoms with Gasteiger partial charge in [-0.2, -0.15) is 0 Å². The number of aromatic nitrogens is 1. The molecule has 3 atom stereocenters. The normalized spacial score (nSPS) is 15.7. The number of carbonyl (C=O) groups is 3. The number of carboxylic acids is 1. The van der Waals surface area contributed by atoms with E-state index in [-0.39, 0.29) is 26.0 Å². The topological polar surface area (TPSA) is 149 Å². The van der Waals surface area contributed by atoms with Crippen molar-refractivity contribution in [1.82, 2.24) is 15.2 Å². The fourth-order valence-electron chi connectivity index (χ4n) is 7.51. The van der Waals surface area contributed by atoms with Crippen molar-refractivity contribution in [2.45, 2.75) is 65.0 Å². The second-order valence-corrected chi connectivity index (χ2v) is 16.4. The molecule has 0 spiro atoms. The van der Waals surface area contributed by atoms with Gasteiger partial charge in [0, 0.05) is 42.5 Å². The van der Waals surface area contributed by atoms with E-state index < -0.39 is 36.1 Å². The second-order valence-electron chi connectivity index (χ2n) is 15.6. The molecule has 0 bridgehead atoms. The summed E-state index contributed by atoms with van der Waals surface area (Å²) in [6.45, 7) is 6.35. The largest absolute Gasteiger partial charge is 0.489 e. The molecule has 14 heteroatoms. The minimum Gasteiger partial charge on any atom is -0.489 e. The molecule has 63 heavy (non-hydrogen) atoms. The van der Waals surface area contributed by atoms with Crippen LogP contribution in [0.2, 0.25) is 10.0 Å². The highest BCUT2D eigenvalue weighted by atomic mass is 35.5. The van der Waals surface area contributed by atoms with Crippen molar-refractivity contribution < 1.29 is 38.4 Å². The number of amides is 3. The fourth-order valence-corrected chi connectivity index (χ4v) is 7.83.